The van der Waals surface area contributed by atoms with Gasteiger partial charge in [0.25, 0.3) is 0 Å². The summed E-state index contributed by atoms with van der Waals surface area (Å²) >= 11 is 3.21. The minimum absolute atomic E-state index is 0.0446. The maximum absolute atomic E-state index is 13.7. The molecule has 19 heavy (non-hydrogen) atoms. The molecule has 0 N–H and O–H groups in total. The Bertz CT molecular complexity index is 614. The number of ketones is 1. The van der Waals surface area contributed by atoms with E-state index < -0.39 is 0 Å². The third-order valence-corrected chi connectivity index (χ3v) is 3.62. The number of rotatable bonds is 3. The highest BCUT2D eigenvalue weighted by molar-refractivity contribution is 9.10. The predicted molar refractivity (Wildman–Crippen MR) is 78.1 cm³/mol. The first-order valence-corrected chi connectivity index (χ1v) is 6.81. The molecule has 3 heteroatoms. The molecular formula is C16H14BrFO. The van der Waals surface area contributed by atoms with Crippen LogP contribution >= 0.6 is 15.9 Å². The van der Waals surface area contributed by atoms with Crippen molar-refractivity contribution in [2.24, 2.45) is 0 Å². The molecule has 0 aromatic heterocycles. The highest BCUT2D eigenvalue weighted by Crippen LogP contribution is 2.20. The van der Waals surface area contributed by atoms with Gasteiger partial charge in [-0.15, -0.1) is 0 Å². The summed E-state index contributed by atoms with van der Waals surface area (Å²) in [5, 5.41) is 0. The lowest BCUT2D eigenvalue weighted by molar-refractivity contribution is 0.0990. The summed E-state index contributed by atoms with van der Waals surface area (Å²) in [5.74, 6) is -0.397. The normalized spacial score (nSPS) is 10.5. The van der Waals surface area contributed by atoms with Crippen LogP contribution in [-0.4, -0.2) is 5.78 Å². The zero-order valence-corrected chi connectivity index (χ0v) is 12.4. The van der Waals surface area contributed by atoms with Gasteiger partial charge in [0.15, 0.2) is 5.78 Å². The molecule has 0 aliphatic carbocycles. The SMILES string of the molecule is Cc1cccc(C)c1C(=O)Cc1ccc(Br)cc1F. The maximum Gasteiger partial charge on any atom is 0.167 e. The van der Waals surface area contributed by atoms with Crippen LogP contribution in [0.1, 0.15) is 27.0 Å². The lowest BCUT2D eigenvalue weighted by Gasteiger charge is -2.09. The number of carbonyl (C=O) groups excluding carboxylic acids is 1. The molecule has 1 nitrogen and oxygen atoms in total. The second-order valence-electron chi connectivity index (χ2n) is 4.60. The summed E-state index contributed by atoms with van der Waals surface area (Å²) in [7, 11) is 0. The van der Waals surface area contributed by atoms with Crippen molar-refractivity contribution < 1.29 is 9.18 Å². The monoisotopic (exact) mass is 320 g/mol. The number of halogens is 2. The summed E-state index contributed by atoms with van der Waals surface area (Å²) in [6.07, 6.45) is 0.0881. The molecule has 0 unspecified atom stereocenters. The Morgan fingerprint density at radius 2 is 1.79 bits per heavy atom. The molecule has 98 valence electrons. The summed E-state index contributed by atoms with van der Waals surface area (Å²) in [4.78, 5) is 12.3. The molecular weight excluding hydrogens is 307 g/mol. The number of aryl methyl sites for hydroxylation is 2. The molecule has 0 amide bonds. The van der Waals surface area contributed by atoms with Gasteiger partial charge in [0.2, 0.25) is 0 Å². The Kier molecular flexibility index (Phi) is 4.15. The summed E-state index contributed by atoms with van der Waals surface area (Å²) in [6, 6.07) is 10.5. The highest BCUT2D eigenvalue weighted by Gasteiger charge is 2.14. The van der Waals surface area contributed by atoms with Crippen LogP contribution in [0.25, 0.3) is 0 Å². The topological polar surface area (TPSA) is 17.1 Å². The Labute approximate surface area is 120 Å². The largest absolute Gasteiger partial charge is 0.294 e. The first kappa shape index (κ1) is 13.9. The van der Waals surface area contributed by atoms with E-state index in [2.05, 4.69) is 15.9 Å². The summed E-state index contributed by atoms with van der Waals surface area (Å²) in [6.45, 7) is 3.80. The van der Waals surface area contributed by atoms with E-state index in [9.17, 15) is 9.18 Å². The molecule has 0 aliphatic rings. The van der Waals surface area contributed by atoms with Gasteiger partial charge in [-0.2, -0.15) is 0 Å². The number of benzene rings is 2. The van der Waals surface area contributed by atoms with Crippen LogP contribution < -0.4 is 0 Å². The molecule has 2 aromatic rings. The lowest BCUT2D eigenvalue weighted by atomic mass is 9.95. The Morgan fingerprint density at radius 1 is 1.16 bits per heavy atom. The van der Waals surface area contributed by atoms with Gasteiger partial charge in [0, 0.05) is 16.5 Å². The van der Waals surface area contributed by atoms with Gasteiger partial charge in [-0.3, -0.25) is 4.79 Å². The third-order valence-electron chi connectivity index (χ3n) is 3.13. The number of carbonyl (C=O) groups is 1. The fourth-order valence-corrected chi connectivity index (χ4v) is 2.51. The van der Waals surface area contributed by atoms with E-state index in [-0.39, 0.29) is 18.0 Å². The van der Waals surface area contributed by atoms with Gasteiger partial charge in [0.1, 0.15) is 5.82 Å². The molecule has 2 aromatic carbocycles. The van der Waals surface area contributed by atoms with Gasteiger partial charge < -0.3 is 0 Å². The molecule has 0 bridgehead atoms. The zero-order chi connectivity index (χ0) is 14.0. The third kappa shape index (κ3) is 3.10. The van der Waals surface area contributed by atoms with Crippen molar-refractivity contribution in [3.05, 3.63) is 68.9 Å². The van der Waals surface area contributed by atoms with Crippen molar-refractivity contribution in [2.45, 2.75) is 20.3 Å². The van der Waals surface area contributed by atoms with E-state index in [0.29, 0.717) is 15.6 Å². The van der Waals surface area contributed by atoms with Crippen LogP contribution in [0.4, 0.5) is 4.39 Å². The van der Waals surface area contributed by atoms with Crippen LogP contribution in [0.15, 0.2) is 40.9 Å². The molecule has 0 spiro atoms. The maximum atomic E-state index is 13.7. The minimum atomic E-state index is -0.353. The second kappa shape index (κ2) is 5.66. The standard InChI is InChI=1S/C16H14BrFO/c1-10-4-3-5-11(2)16(10)15(19)8-12-6-7-13(17)9-14(12)18/h3-7,9H,8H2,1-2H3. The van der Waals surface area contributed by atoms with Crippen LogP contribution in [0.3, 0.4) is 0 Å². The lowest BCUT2D eigenvalue weighted by Crippen LogP contribution is -2.09. The van der Waals surface area contributed by atoms with Gasteiger partial charge in [0.05, 0.1) is 0 Å². The molecule has 2 rings (SSSR count). The fourth-order valence-electron chi connectivity index (χ4n) is 2.18. The van der Waals surface area contributed by atoms with Crippen LogP contribution in [0.5, 0.6) is 0 Å². The number of Topliss-reactive ketones (excluding diaryl/α,β-unsaturated/α-hetero) is 1. The second-order valence-corrected chi connectivity index (χ2v) is 5.52. The average molecular weight is 321 g/mol. The van der Waals surface area contributed by atoms with Crippen molar-refractivity contribution in [1.29, 1.82) is 0 Å². The van der Waals surface area contributed by atoms with Crippen molar-refractivity contribution in [1.82, 2.24) is 0 Å². The first-order chi connectivity index (χ1) is 8.99. The Morgan fingerprint density at radius 3 is 2.37 bits per heavy atom. The van der Waals surface area contributed by atoms with Crippen LogP contribution in [0, 0.1) is 19.7 Å². The number of hydrogen-bond acceptors (Lipinski definition) is 1. The van der Waals surface area contributed by atoms with E-state index in [4.69, 9.17) is 0 Å². The van der Waals surface area contributed by atoms with Crippen LogP contribution in [0.2, 0.25) is 0 Å². The smallest absolute Gasteiger partial charge is 0.167 e. The van der Waals surface area contributed by atoms with Crippen LogP contribution in [-0.2, 0) is 6.42 Å². The predicted octanol–water partition coefficient (Wildman–Crippen LogP) is 4.63. The quantitative estimate of drug-likeness (QED) is 0.753. The van der Waals surface area contributed by atoms with Crippen molar-refractivity contribution in [3.63, 3.8) is 0 Å². The zero-order valence-electron chi connectivity index (χ0n) is 10.8. The van der Waals surface area contributed by atoms with E-state index in [1.165, 1.54) is 6.07 Å². The molecule has 0 atom stereocenters. The molecule has 0 radical (unpaired) electrons. The van der Waals surface area contributed by atoms with Gasteiger partial charge in [-0.1, -0.05) is 40.2 Å². The molecule has 0 saturated heterocycles. The van der Waals surface area contributed by atoms with Crippen molar-refractivity contribution in [3.8, 4) is 0 Å². The highest BCUT2D eigenvalue weighted by atomic mass is 79.9. The van der Waals surface area contributed by atoms with Crippen molar-refractivity contribution in [2.75, 3.05) is 0 Å². The van der Waals surface area contributed by atoms with E-state index in [1.54, 1.807) is 12.1 Å². The molecule has 0 heterocycles. The minimum Gasteiger partial charge on any atom is -0.294 e. The van der Waals surface area contributed by atoms with Gasteiger partial charge in [-0.25, -0.2) is 4.39 Å². The summed E-state index contributed by atoms with van der Waals surface area (Å²) < 4.78 is 14.4. The van der Waals surface area contributed by atoms with Gasteiger partial charge in [-0.05, 0) is 42.7 Å². The molecule has 0 saturated carbocycles. The number of hydrogen-bond donors (Lipinski definition) is 0. The Hall–Kier alpha value is -1.48. The first-order valence-electron chi connectivity index (χ1n) is 6.02. The average Bonchev–Trinajstić information content (AvgIpc) is 2.32. The van der Waals surface area contributed by atoms with Crippen molar-refractivity contribution >= 4 is 21.7 Å². The van der Waals surface area contributed by atoms with Gasteiger partial charge >= 0.3 is 0 Å². The molecule has 0 aliphatic heterocycles. The van der Waals surface area contributed by atoms with E-state index in [0.717, 1.165) is 11.1 Å². The summed E-state index contributed by atoms with van der Waals surface area (Å²) in [5.41, 5.74) is 2.99. The molecule has 0 fully saturated rings. The fraction of sp³-hybridized carbons (Fsp3) is 0.188. The van der Waals surface area contributed by atoms with E-state index >= 15 is 0 Å². The van der Waals surface area contributed by atoms with E-state index in [1.807, 2.05) is 32.0 Å². The Balaban J connectivity index is 2.31.